The number of hydrogen-bond acceptors (Lipinski definition) is 5. The molecule has 0 radical (unpaired) electrons. The fourth-order valence-electron chi connectivity index (χ4n) is 2.68. The monoisotopic (exact) mass is 359 g/mol. The van der Waals surface area contributed by atoms with Gasteiger partial charge in [0.2, 0.25) is 6.41 Å². The topological polar surface area (TPSA) is 105 Å². The van der Waals surface area contributed by atoms with Gasteiger partial charge < -0.3 is 25.0 Å². The Morgan fingerprint density at radius 3 is 2.12 bits per heavy atom. The van der Waals surface area contributed by atoms with E-state index in [-0.39, 0.29) is 13.0 Å². The quantitative estimate of drug-likeness (QED) is 0.588. The smallest absolute Gasteiger partial charge is 0.326 e. The van der Waals surface area contributed by atoms with E-state index in [0.717, 1.165) is 16.7 Å². The molecule has 0 aliphatic carbocycles. The molecule has 1 amide bonds. The molecule has 0 aliphatic heterocycles. The van der Waals surface area contributed by atoms with Crippen molar-refractivity contribution in [1.29, 1.82) is 0 Å². The summed E-state index contributed by atoms with van der Waals surface area (Å²) in [6.07, 6.45) is 0.553. The zero-order valence-electron chi connectivity index (χ0n) is 14.6. The Bertz CT molecular complexity index is 747. The van der Waals surface area contributed by atoms with Crippen LogP contribution >= 0.6 is 0 Å². The van der Waals surface area contributed by atoms with Crippen molar-refractivity contribution >= 4 is 12.4 Å². The number of aliphatic carboxylic acids is 1. The largest absolute Gasteiger partial charge is 0.496 e. The Kier molecular flexibility index (Phi) is 6.57. The molecule has 0 saturated heterocycles. The van der Waals surface area contributed by atoms with Crippen LogP contribution in [0.25, 0.3) is 11.1 Å². The van der Waals surface area contributed by atoms with E-state index in [1.54, 1.807) is 24.3 Å². The fourth-order valence-corrected chi connectivity index (χ4v) is 2.68. The van der Waals surface area contributed by atoms with Gasteiger partial charge in [0.05, 0.1) is 26.4 Å². The van der Waals surface area contributed by atoms with Gasteiger partial charge in [0, 0.05) is 6.42 Å². The molecule has 7 nitrogen and oxygen atoms in total. The number of carboxylic acid groups (broad SMARTS) is 1. The van der Waals surface area contributed by atoms with E-state index in [9.17, 15) is 14.7 Å². The van der Waals surface area contributed by atoms with E-state index in [2.05, 4.69) is 5.32 Å². The van der Waals surface area contributed by atoms with Crippen LogP contribution in [0.15, 0.2) is 36.4 Å². The average Bonchev–Trinajstić information content (AvgIpc) is 2.67. The minimum Gasteiger partial charge on any atom is -0.496 e. The van der Waals surface area contributed by atoms with E-state index >= 15 is 0 Å². The van der Waals surface area contributed by atoms with Crippen molar-refractivity contribution in [2.75, 3.05) is 14.2 Å². The van der Waals surface area contributed by atoms with Crippen LogP contribution in [0.3, 0.4) is 0 Å². The summed E-state index contributed by atoms with van der Waals surface area (Å²) in [5, 5.41) is 20.7. The molecule has 7 heteroatoms. The van der Waals surface area contributed by atoms with Gasteiger partial charge in [-0.2, -0.15) is 0 Å². The summed E-state index contributed by atoms with van der Waals surface area (Å²) in [7, 11) is 3.08. The molecule has 0 fully saturated rings. The summed E-state index contributed by atoms with van der Waals surface area (Å²) in [6.45, 7) is -0.133. The van der Waals surface area contributed by atoms with E-state index in [1.807, 2.05) is 12.1 Å². The SMILES string of the molecule is COc1cc(CO)cc(OC)c1-c1ccc(C[C@H](NC=O)C(=O)O)cc1. The summed E-state index contributed by atoms with van der Waals surface area (Å²) in [5.74, 6) is 0.0310. The second kappa shape index (κ2) is 8.87. The molecule has 0 spiro atoms. The Balaban J connectivity index is 2.36. The van der Waals surface area contributed by atoms with Crippen LogP contribution < -0.4 is 14.8 Å². The maximum Gasteiger partial charge on any atom is 0.326 e. The van der Waals surface area contributed by atoms with Gasteiger partial charge >= 0.3 is 5.97 Å². The number of carbonyl (C=O) groups is 2. The van der Waals surface area contributed by atoms with Crippen LogP contribution in [-0.2, 0) is 22.6 Å². The van der Waals surface area contributed by atoms with Gasteiger partial charge in [-0.15, -0.1) is 0 Å². The number of aliphatic hydroxyl groups excluding tert-OH is 1. The number of benzene rings is 2. The van der Waals surface area contributed by atoms with Gasteiger partial charge in [-0.3, -0.25) is 4.79 Å². The summed E-state index contributed by atoms with van der Waals surface area (Å²) >= 11 is 0. The van der Waals surface area contributed by atoms with E-state index < -0.39 is 12.0 Å². The maximum absolute atomic E-state index is 11.1. The van der Waals surface area contributed by atoms with Crippen LogP contribution in [0, 0.1) is 0 Å². The van der Waals surface area contributed by atoms with Gasteiger partial charge in [-0.25, -0.2) is 4.79 Å². The normalized spacial score (nSPS) is 11.5. The number of carbonyl (C=O) groups excluding carboxylic acids is 1. The fraction of sp³-hybridized carbons (Fsp3) is 0.263. The minimum absolute atomic E-state index is 0.133. The van der Waals surface area contributed by atoms with Crippen molar-refractivity contribution < 1.29 is 29.3 Å². The van der Waals surface area contributed by atoms with Crippen LogP contribution in [0.2, 0.25) is 0 Å². The number of nitrogens with one attached hydrogen (secondary N) is 1. The lowest BCUT2D eigenvalue weighted by Gasteiger charge is -2.16. The van der Waals surface area contributed by atoms with Crippen molar-refractivity contribution in [3.63, 3.8) is 0 Å². The standard InChI is InChI=1S/C19H21NO6/c1-25-16-8-13(10-21)9-17(26-2)18(16)14-5-3-12(4-6-14)7-15(19(23)24)20-11-22/h3-6,8-9,11,15,21H,7,10H2,1-2H3,(H,20,22)(H,23,24)/t15-/m0/s1. The molecule has 0 saturated carbocycles. The van der Waals surface area contributed by atoms with E-state index in [4.69, 9.17) is 14.6 Å². The number of amides is 1. The zero-order valence-corrected chi connectivity index (χ0v) is 14.6. The molecule has 0 heterocycles. The minimum atomic E-state index is -1.09. The van der Waals surface area contributed by atoms with E-state index in [1.165, 1.54) is 14.2 Å². The zero-order chi connectivity index (χ0) is 19.1. The molecule has 0 aromatic heterocycles. The number of carboxylic acids is 1. The molecular formula is C19H21NO6. The van der Waals surface area contributed by atoms with Gasteiger partial charge in [0.15, 0.2) is 0 Å². The number of hydrogen-bond donors (Lipinski definition) is 3. The van der Waals surface area contributed by atoms with Crippen molar-refractivity contribution in [1.82, 2.24) is 5.32 Å². The molecule has 2 aromatic carbocycles. The molecule has 0 bridgehead atoms. The number of aliphatic hydroxyl groups is 1. The Labute approximate surface area is 151 Å². The highest BCUT2D eigenvalue weighted by Crippen LogP contribution is 2.39. The maximum atomic E-state index is 11.1. The lowest BCUT2D eigenvalue weighted by molar-refractivity contribution is -0.140. The number of rotatable bonds is 9. The Hall–Kier alpha value is -3.06. The van der Waals surface area contributed by atoms with Gasteiger partial charge in [-0.1, -0.05) is 24.3 Å². The van der Waals surface area contributed by atoms with Crippen molar-refractivity contribution in [2.45, 2.75) is 19.1 Å². The van der Waals surface area contributed by atoms with Crippen LogP contribution in [0.1, 0.15) is 11.1 Å². The molecule has 1 atom stereocenters. The molecule has 0 aliphatic rings. The third-order valence-electron chi connectivity index (χ3n) is 4.00. The lowest BCUT2D eigenvalue weighted by Crippen LogP contribution is -2.37. The average molecular weight is 359 g/mol. The van der Waals surface area contributed by atoms with Crippen molar-refractivity contribution in [3.8, 4) is 22.6 Å². The predicted molar refractivity (Wildman–Crippen MR) is 95.2 cm³/mol. The van der Waals surface area contributed by atoms with Gasteiger partial charge in [0.25, 0.3) is 0 Å². The summed E-state index contributed by atoms with van der Waals surface area (Å²) < 4.78 is 10.9. The molecule has 138 valence electrons. The molecule has 26 heavy (non-hydrogen) atoms. The third kappa shape index (κ3) is 4.31. The molecular weight excluding hydrogens is 338 g/mol. The lowest BCUT2D eigenvalue weighted by atomic mass is 9.98. The molecule has 0 unspecified atom stereocenters. The first kappa shape index (κ1) is 19.3. The van der Waals surface area contributed by atoms with E-state index in [0.29, 0.717) is 23.5 Å². The van der Waals surface area contributed by atoms with Crippen LogP contribution in [0.5, 0.6) is 11.5 Å². The third-order valence-corrected chi connectivity index (χ3v) is 4.00. The van der Waals surface area contributed by atoms with Crippen LogP contribution in [-0.4, -0.2) is 42.9 Å². The highest BCUT2D eigenvalue weighted by molar-refractivity contribution is 5.78. The highest BCUT2D eigenvalue weighted by atomic mass is 16.5. The van der Waals surface area contributed by atoms with Crippen molar-refractivity contribution in [3.05, 3.63) is 47.5 Å². The predicted octanol–water partition coefficient (Wildman–Crippen LogP) is 1.60. The van der Waals surface area contributed by atoms with Crippen LogP contribution in [0.4, 0.5) is 0 Å². The molecule has 3 N–H and O–H groups in total. The molecule has 2 aromatic rings. The van der Waals surface area contributed by atoms with Gasteiger partial charge in [-0.05, 0) is 28.8 Å². The second-order valence-corrected chi connectivity index (χ2v) is 5.61. The number of ether oxygens (including phenoxy) is 2. The summed E-state index contributed by atoms with van der Waals surface area (Å²) in [5.41, 5.74) is 2.99. The summed E-state index contributed by atoms with van der Waals surface area (Å²) in [4.78, 5) is 21.7. The molecule has 2 rings (SSSR count). The first-order valence-corrected chi connectivity index (χ1v) is 7.91. The second-order valence-electron chi connectivity index (χ2n) is 5.61. The Morgan fingerprint density at radius 1 is 1.12 bits per heavy atom. The first-order valence-electron chi connectivity index (χ1n) is 7.91. The van der Waals surface area contributed by atoms with Crippen molar-refractivity contribution in [2.24, 2.45) is 0 Å². The highest BCUT2D eigenvalue weighted by Gasteiger charge is 2.18. The number of methoxy groups -OCH3 is 2. The van der Waals surface area contributed by atoms with Gasteiger partial charge in [0.1, 0.15) is 17.5 Å². The first-order chi connectivity index (χ1) is 12.5. The Morgan fingerprint density at radius 2 is 1.69 bits per heavy atom. The summed E-state index contributed by atoms with van der Waals surface area (Å²) in [6, 6.07) is 9.72.